The third kappa shape index (κ3) is 7.00. The van der Waals surface area contributed by atoms with Gasteiger partial charge in [-0.25, -0.2) is 15.0 Å². The normalized spacial score (nSPS) is 13.1. The molecule has 0 aliphatic heterocycles. The second-order valence-electron chi connectivity index (χ2n) is 11.9. The summed E-state index contributed by atoms with van der Waals surface area (Å²) < 4.78 is 50.0. The zero-order valence-electron chi connectivity index (χ0n) is 25.8. The van der Waals surface area contributed by atoms with Crippen molar-refractivity contribution in [3.63, 3.8) is 0 Å². The second kappa shape index (κ2) is 13.6. The molecule has 0 aliphatic rings. The quantitative estimate of drug-likeness (QED) is 0.0666. The van der Waals surface area contributed by atoms with Gasteiger partial charge in [0.2, 0.25) is 5.28 Å². The number of benzene rings is 3. The van der Waals surface area contributed by atoms with Gasteiger partial charge in [0.05, 0.1) is 35.6 Å². The number of hydrogen-bond donors (Lipinski definition) is 2. The topological polar surface area (TPSA) is 72.0 Å². The maximum Gasteiger partial charge on any atom is 0.418 e. The number of para-hydroxylation sites is 1. The van der Waals surface area contributed by atoms with E-state index in [1.807, 2.05) is 36.4 Å². The SMILES string of the molecule is C[C@@H](Nc1nc(Cl)nc2cnc(Cl)cc12)c1cccc(C(F)(F)F)c1NCCO[Si](c1ccccc1)(c1ccccc1)C(C)(C)C. The lowest BCUT2D eigenvalue weighted by Gasteiger charge is -2.43. The van der Waals surface area contributed by atoms with Crippen molar-refractivity contribution in [2.24, 2.45) is 0 Å². The van der Waals surface area contributed by atoms with Gasteiger partial charge >= 0.3 is 6.18 Å². The molecule has 2 aromatic heterocycles. The molecule has 2 heterocycles. The first-order valence-electron chi connectivity index (χ1n) is 14.8. The summed E-state index contributed by atoms with van der Waals surface area (Å²) in [7, 11) is -2.88. The van der Waals surface area contributed by atoms with Crippen molar-refractivity contribution in [1.82, 2.24) is 15.0 Å². The van der Waals surface area contributed by atoms with E-state index in [0.29, 0.717) is 22.3 Å². The Morgan fingerprint density at radius 1 is 0.870 bits per heavy atom. The smallest absolute Gasteiger partial charge is 0.406 e. The average Bonchev–Trinajstić information content (AvgIpc) is 3.01. The highest BCUT2D eigenvalue weighted by Gasteiger charge is 2.50. The molecule has 0 spiro atoms. The van der Waals surface area contributed by atoms with E-state index in [9.17, 15) is 13.2 Å². The fourth-order valence-electron chi connectivity index (χ4n) is 5.88. The first-order chi connectivity index (χ1) is 21.8. The minimum atomic E-state index is -4.60. The van der Waals surface area contributed by atoms with Crippen molar-refractivity contribution in [1.29, 1.82) is 0 Å². The number of hydrogen-bond acceptors (Lipinski definition) is 6. The monoisotopic (exact) mass is 683 g/mol. The van der Waals surface area contributed by atoms with Gasteiger partial charge in [0.1, 0.15) is 11.0 Å². The number of anilines is 2. The molecule has 240 valence electrons. The molecule has 0 fully saturated rings. The Hall–Kier alpha value is -3.70. The van der Waals surface area contributed by atoms with Gasteiger partial charge < -0.3 is 15.1 Å². The molecule has 5 rings (SSSR count). The molecule has 6 nitrogen and oxygen atoms in total. The highest BCUT2D eigenvalue weighted by Crippen LogP contribution is 2.40. The lowest BCUT2D eigenvalue weighted by Crippen LogP contribution is -2.66. The van der Waals surface area contributed by atoms with Gasteiger partial charge in [-0.05, 0) is 51.6 Å². The molecule has 46 heavy (non-hydrogen) atoms. The Labute approximate surface area is 277 Å². The summed E-state index contributed by atoms with van der Waals surface area (Å²) >= 11 is 12.3. The van der Waals surface area contributed by atoms with Crippen molar-refractivity contribution in [2.75, 3.05) is 23.8 Å². The Bertz CT molecular complexity index is 1770. The van der Waals surface area contributed by atoms with Gasteiger partial charge in [-0.15, -0.1) is 0 Å². The number of rotatable bonds is 10. The summed E-state index contributed by atoms with van der Waals surface area (Å²) in [5.41, 5.74) is 0.0254. The lowest BCUT2D eigenvalue weighted by molar-refractivity contribution is -0.137. The van der Waals surface area contributed by atoms with Gasteiger partial charge in [0.15, 0.2) is 0 Å². The first kappa shape index (κ1) is 33.7. The molecular formula is C34H34Cl2F3N5OSi. The van der Waals surface area contributed by atoms with Gasteiger partial charge in [0.25, 0.3) is 8.32 Å². The first-order valence-corrected chi connectivity index (χ1v) is 17.4. The average molecular weight is 685 g/mol. The Balaban J connectivity index is 1.46. The molecule has 1 atom stereocenters. The molecule has 0 saturated heterocycles. The highest BCUT2D eigenvalue weighted by atomic mass is 35.5. The number of fused-ring (bicyclic) bond motifs is 1. The van der Waals surface area contributed by atoms with Crippen LogP contribution in [0.3, 0.4) is 0 Å². The summed E-state index contributed by atoms with van der Waals surface area (Å²) in [5, 5.41) is 8.93. The standard InChI is InChI=1S/C34H34Cl2F3N5OSi/c1-22(42-31-26-20-29(35)41-21-28(26)43-32(36)44-31)25-16-11-17-27(34(37,38)39)30(25)40-18-19-45-46(33(2,3)4,23-12-7-5-8-13-23)24-14-9-6-10-15-24/h5-17,20-22,40H,18-19H2,1-4H3,(H,42,43,44)/t22-/m1/s1. The third-order valence-electron chi connectivity index (χ3n) is 7.88. The van der Waals surface area contributed by atoms with Crippen molar-refractivity contribution in [2.45, 2.75) is 45.0 Å². The maximum absolute atomic E-state index is 14.4. The molecule has 2 N–H and O–H groups in total. The molecule has 0 aliphatic carbocycles. The van der Waals surface area contributed by atoms with Crippen LogP contribution in [0.4, 0.5) is 24.7 Å². The zero-order chi connectivity index (χ0) is 33.1. The zero-order valence-corrected chi connectivity index (χ0v) is 28.3. The third-order valence-corrected chi connectivity index (χ3v) is 13.3. The van der Waals surface area contributed by atoms with Crippen LogP contribution >= 0.6 is 23.2 Å². The Morgan fingerprint density at radius 3 is 2.09 bits per heavy atom. The van der Waals surface area contributed by atoms with Crippen LogP contribution in [0.5, 0.6) is 0 Å². The van der Waals surface area contributed by atoms with Crippen molar-refractivity contribution in [3.05, 3.63) is 113 Å². The van der Waals surface area contributed by atoms with E-state index in [-0.39, 0.29) is 34.3 Å². The molecule has 5 aromatic rings. The van der Waals surface area contributed by atoms with Crippen LogP contribution in [0.1, 0.15) is 44.9 Å². The molecule has 12 heteroatoms. The maximum atomic E-state index is 14.4. The van der Waals surface area contributed by atoms with Crippen LogP contribution in [0.25, 0.3) is 10.9 Å². The van der Waals surface area contributed by atoms with Gasteiger partial charge in [-0.2, -0.15) is 13.2 Å². The van der Waals surface area contributed by atoms with Crippen molar-refractivity contribution < 1.29 is 17.6 Å². The van der Waals surface area contributed by atoms with E-state index in [4.69, 9.17) is 27.6 Å². The number of pyridine rings is 1. The Kier molecular flexibility index (Phi) is 9.93. The molecular weight excluding hydrogens is 650 g/mol. The summed E-state index contributed by atoms with van der Waals surface area (Å²) in [4.78, 5) is 12.5. The van der Waals surface area contributed by atoms with E-state index in [0.717, 1.165) is 16.4 Å². The number of aromatic nitrogens is 3. The molecule has 0 amide bonds. The van der Waals surface area contributed by atoms with Crippen LogP contribution in [-0.2, 0) is 10.6 Å². The van der Waals surface area contributed by atoms with Crippen LogP contribution in [0.2, 0.25) is 15.5 Å². The van der Waals surface area contributed by atoms with Crippen LogP contribution < -0.4 is 21.0 Å². The Morgan fingerprint density at radius 2 is 1.50 bits per heavy atom. The van der Waals surface area contributed by atoms with Crippen LogP contribution in [0.15, 0.2) is 91.1 Å². The lowest BCUT2D eigenvalue weighted by atomic mass is 10.0. The van der Waals surface area contributed by atoms with E-state index >= 15 is 0 Å². The summed E-state index contributed by atoms with van der Waals surface area (Å²) in [6.07, 6.45) is -3.13. The highest BCUT2D eigenvalue weighted by molar-refractivity contribution is 6.99. The summed E-state index contributed by atoms with van der Waals surface area (Å²) in [6, 6.07) is 25.3. The van der Waals surface area contributed by atoms with E-state index in [2.05, 4.69) is 70.6 Å². The molecule has 3 aromatic carbocycles. The molecule has 0 bridgehead atoms. The summed E-state index contributed by atoms with van der Waals surface area (Å²) in [5.74, 6) is 0.324. The van der Waals surface area contributed by atoms with Crippen molar-refractivity contribution >= 4 is 64.3 Å². The number of nitrogens with zero attached hydrogens (tertiary/aromatic N) is 3. The van der Waals surface area contributed by atoms with Gasteiger partial charge in [-0.1, -0.05) is 105 Å². The number of alkyl halides is 3. The fourth-order valence-corrected chi connectivity index (χ4v) is 10.8. The van der Waals surface area contributed by atoms with Crippen LogP contribution in [0, 0.1) is 0 Å². The largest absolute Gasteiger partial charge is 0.418 e. The van der Waals surface area contributed by atoms with E-state index in [1.54, 1.807) is 19.1 Å². The molecule has 0 unspecified atom stereocenters. The van der Waals surface area contributed by atoms with E-state index in [1.165, 1.54) is 12.3 Å². The minimum absolute atomic E-state index is 0.0332. The molecule has 0 saturated carbocycles. The fraction of sp³-hybridized carbons (Fsp3) is 0.265. The predicted octanol–water partition coefficient (Wildman–Crippen LogP) is 8.51. The second-order valence-corrected chi connectivity index (χ2v) is 17.0. The predicted molar refractivity (Wildman–Crippen MR) is 183 cm³/mol. The number of halogens is 5. The minimum Gasteiger partial charge on any atom is -0.406 e. The van der Waals surface area contributed by atoms with Crippen LogP contribution in [-0.4, -0.2) is 36.4 Å². The van der Waals surface area contributed by atoms with Crippen molar-refractivity contribution in [3.8, 4) is 0 Å². The van der Waals surface area contributed by atoms with Gasteiger partial charge in [-0.3, -0.25) is 0 Å². The van der Waals surface area contributed by atoms with E-state index < -0.39 is 26.1 Å². The number of nitrogens with one attached hydrogen (secondary N) is 2. The van der Waals surface area contributed by atoms with Gasteiger partial charge in [0, 0.05) is 11.9 Å². The molecule has 0 radical (unpaired) electrons. The summed E-state index contributed by atoms with van der Waals surface area (Å²) in [6.45, 7) is 8.54.